The van der Waals surface area contributed by atoms with Crippen molar-refractivity contribution in [2.75, 3.05) is 23.3 Å². The summed E-state index contributed by atoms with van der Waals surface area (Å²) in [6, 6.07) is 14.0. The smallest absolute Gasteiger partial charge is 0.362 e. The molecule has 1 saturated carbocycles. The van der Waals surface area contributed by atoms with E-state index in [1.54, 1.807) is 35.2 Å². The Bertz CT molecular complexity index is 855. The van der Waals surface area contributed by atoms with E-state index in [1.807, 2.05) is 6.07 Å². The van der Waals surface area contributed by atoms with E-state index in [0.29, 0.717) is 18.2 Å². The van der Waals surface area contributed by atoms with Crippen LogP contribution in [0.3, 0.4) is 0 Å². The minimum atomic E-state index is -4.63. The fourth-order valence-electron chi connectivity index (χ4n) is 2.83. The van der Waals surface area contributed by atoms with Gasteiger partial charge in [-0.1, -0.05) is 18.2 Å². The van der Waals surface area contributed by atoms with Crippen LogP contribution in [-0.4, -0.2) is 19.0 Å². The summed E-state index contributed by atoms with van der Waals surface area (Å²) in [7, 11) is 0. The first-order valence-corrected chi connectivity index (χ1v) is 8.58. The number of nitrogens with one attached hydrogen (secondary N) is 1. The average Bonchev–Trinajstić information content (AvgIpc) is 3.45. The number of carbonyl (C=O) groups is 1. The van der Waals surface area contributed by atoms with Crippen LogP contribution >= 0.6 is 0 Å². The third-order valence-corrected chi connectivity index (χ3v) is 4.36. The molecule has 1 fully saturated rings. The minimum absolute atomic E-state index is 0.0609. The van der Waals surface area contributed by atoms with Gasteiger partial charge in [0.25, 0.3) is 0 Å². The minimum Gasteiger partial charge on any atom is -0.362 e. The van der Waals surface area contributed by atoms with E-state index in [0.717, 1.165) is 25.0 Å². The molecular weight excluding hydrogens is 355 g/mol. The van der Waals surface area contributed by atoms with Gasteiger partial charge < -0.3 is 10.2 Å². The van der Waals surface area contributed by atoms with Gasteiger partial charge >= 0.3 is 6.18 Å². The number of nitriles is 1. The molecule has 3 rings (SSSR count). The van der Waals surface area contributed by atoms with Crippen molar-refractivity contribution in [3.63, 3.8) is 0 Å². The molecule has 2 aromatic carbocycles. The Kier molecular flexibility index (Phi) is 5.36. The summed E-state index contributed by atoms with van der Waals surface area (Å²) in [5.74, 6) is 0.0688. The zero-order chi connectivity index (χ0) is 19.4. The number of benzene rings is 2. The van der Waals surface area contributed by atoms with Crippen LogP contribution < -0.4 is 10.2 Å². The van der Waals surface area contributed by atoms with E-state index in [9.17, 15) is 18.0 Å². The molecule has 27 heavy (non-hydrogen) atoms. The van der Waals surface area contributed by atoms with Gasteiger partial charge in [-0.05, 0) is 49.1 Å². The molecule has 4 nitrogen and oxygen atoms in total. The van der Waals surface area contributed by atoms with Crippen molar-refractivity contribution < 1.29 is 18.0 Å². The van der Waals surface area contributed by atoms with E-state index in [2.05, 4.69) is 5.32 Å². The Hall–Kier alpha value is -3.01. The maximum Gasteiger partial charge on any atom is 0.417 e. The first-order chi connectivity index (χ1) is 12.9. The number of nitrogens with zero attached hydrogens (tertiary/aromatic N) is 2. The number of rotatable bonds is 6. The third-order valence-electron chi connectivity index (χ3n) is 4.36. The number of hydrogen-bond acceptors (Lipinski definition) is 3. The van der Waals surface area contributed by atoms with Gasteiger partial charge in [-0.2, -0.15) is 18.4 Å². The van der Waals surface area contributed by atoms with Crippen molar-refractivity contribution in [3.8, 4) is 6.07 Å². The normalized spacial score (nSPS) is 13.7. The summed E-state index contributed by atoms with van der Waals surface area (Å²) >= 11 is 0. The predicted octanol–water partition coefficient (Wildman–Crippen LogP) is 4.43. The molecule has 1 aliphatic carbocycles. The van der Waals surface area contributed by atoms with Crippen LogP contribution in [0.1, 0.15) is 24.0 Å². The maximum atomic E-state index is 13.3. The molecule has 1 N–H and O–H groups in total. The Morgan fingerprint density at radius 2 is 1.89 bits per heavy atom. The SMILES string of the molecule is N#Cc1ccc(N(CC(=O)Nc2ccccc2)CC2CC2)cc1C(F)(F)F. The molecule has 0 aliphatic heterocycles. The van der Waals surface area contributed by atoms with Crippen LogP contribution in [0, 0.1) is 17.2 Å². The summed E-state index contributed by atoms with van der Waals surface area (Å²) in [5.41, 5.74) is -0.487. The first kappa shape index (κ1) is 18.8. The standard InChI is InChI=1S/C20H18F3N3O/c21-20(22,23)18-10-17(9-8-15(18)11-24)26(12-14-6-7-14)13-19(27)25-16-4-2-1-3-5-16/h1-5,8-10,14H,6-7,12-13H2,(H,25,27). The van der Waals surface area contributed by atoms with Crippen molar-refractivity contribution in [1.82, 2.24) is 0 Å². The van der Waals surface area contributed by atoms with Gasteiger partial charge in [0.05, 0.1) is 23.7 Å². The fraction of sp³-hybridized carbons (Fsp3) is 0.300. The summed E-state index contributed by atoms with van der Waals surface area (Å²) in [6.45, 7) is 0.444. The van der Waals surface area contributed by atoms with Gasteiger partial charge in [0.1, 0.15) is 0 Å². The molecular formula is C20H18F3N3O. The van der Waals surface area contributed by atoms with E-state index in [1.165, 1.54) is 6.07 Å². The van der Waals surface area contributed by atoms with Gasteiger partial charge in [-0.15, -0.1) is 0 Å². The zero-order valence-corrected chi connectivity index (χ0v) is 14.5. The number of halogens is 3. The highest BCUT2D eigenvalue weighted by molar-refractivity contribution is 5.94. The van der Waals surface area contributed by atoms with Crippen LogP contribution in [0.25, 0.3) is 0 Å². The third kappa shape index (κ3) is 5.00. The monoisotopic (exact) mass is 373 g/mol. The molecule has 2 aromatic rings. The Morgan fingerprint density at radius 1 is 1.19 bits per heavy atom. The lowest BCUT2D eigenvalue weighted by Gasteiger charge is -2.25. The highest BCUT2D eigenvalue weighted by Crippen LogP contribution is 2.36. The highest BCUT2D eigenvalue weighted by atomic mass is 19.4. The molecule has 0 aromatic heterocycles. The topological polar surface area (TPSA) is 56.1 Å². The van der Waals surface area contributed by atoms with Crippen LogP contribution in [0.2, 0.25) is 0 Å². The largest absolute Gasteiger partial charge is 0.417 e. The quantitative estimate of drug-likeness (QED) is 0.815. The predicted molar refractivity (Wildman–Crippen MR) is 96.2 cm³/mol. The molecule has 7 heteroatoms. The van der Waals surface area contributed by atoms with Gasteiger partial charge in [0.15, 0.2) is 0 Å². The second kappa shape index (κ2) is 7.70. The second-order valence-electron chi connectivity index (χ2n) is 6.58. The van der Waals surface area contributed by atoms with Crippen LogP contribution in [0.15, 0.2) is 48.5 Å². The summed E-state index contributed by atoms with van der Waals surface area (Å²) in [6.07, 6.45) is -2.63. The van der Waals surface area contributed by atoms with E-state index in [-0.39, 0.29) is 18.1 Å². The Morgan fingerprint density at radius 3 is 2.48 bits per heavy atom. The van der Waals surface area contributed by atoms with Crippen LogP contribution in [0.4, 0.5) is 24.5 Å². The number of hydrogen-bond donors (Lipinski definition) is 1. The van der Waals surface area contributed by atoms with Gasteiger partial charge in [-0.25, -0.2) is 0 Å². The first-order valence-electron chi connectivity index (χ1n) is 8.58. The van der Waals surface area contributed by atoms with Gasteiger partial charge in [-0.3, -0.25) is 4.79 Å². The molecule has 0 atom stereocenters. The molecule has 0 heterocycles. The van der Waals surface area contributed by atoms with Crippen molar-refractivity contribution >= 4 is 17.3 Å². The number of anilines is 2. The van der Waals surface area contributed by atoms with Gasteiger partial charge in [0, 0.05) is 17.9 Å². The van der Waals surface area contributed by atoms with Crippen molar-refractivity contribution in [3.05, 3.63) is 59.7 Å². The molecule has 1 amide bonds. The molecule has 140 valence electrons. The fourth-order valence-corrected chi connectivity index (χ4v) is 2.83. The van der Waals surface area contributed by atoms with E-state index in [4.69, 9.17) is 5.26 Å². The molecule has 0 bridgehead atoms. The Labute approximate surface area is 155 Å². The Balaban J connectivity index is 1.82. The number of carbonyl (C=O) groups excluding carboxylic acids is 1. The maximum absolute atomic E-state index is 13.3. The lowest BCUT2D eigenvalue weighted by molar-refractivity contribution is -0.137. The van der Waals surface area contributed by atoms with Crippen LogP contribution in [-0.2, 0) is 11.0 Å². The lowest BCUT2D eigenvalue weighted by Crippen LogP contribution is -2.35. The number of alkyl halides is 3. The van der Waals surface area contributed by atoms with Crippen LogP contribution in [0.5, 0.6) is 0 Å². The van der Waals surface area contributed by atoms with E-state index >= 15 is 0 Å². The molecule has 0 saturated heterocycles. The van der Waals surface area contributed by atoms with E-state index < -0.39 is 17.3 Å². The van der Waals surface area contributed by atoms with Gasteiger partial charge in [0.2, 0.25) is 5.91 Å². The lowest BCUT2D eigenvalue weighted by atomic mass is 10.1. The molecule has 0 radical (unpaired) electrons. The summed E-state index contributed by atoms with van der Waals surface area (Å²) in [4.78, 5) is 14.0. The average molecular weight is 373 g/mol. The summed E-state index contributed by atoms with van der Waals surface area (Å²) < 4.78 is 39.8. The summed E-state index contributed by atoms with van der Waals surface area (Å²) in [5, 5.41) is 11.7. The van der Waals surface area contributed by atoms with Crippen molar-refractivity contribution in [2.45, 2.75) is 19.0 Å². The second-order valence-corrected chi connectivity index (χ2v) is 6.58. The van der Waals surface area contributed by atoms with Crippen molar-refractivity contribution in [1.29, 1.82) is 5.26 Å². The number of para-hydroxylation sites is 1. The molecule has 0 unspecified atom stereocenters. The zero-order valence-electron chi connectivity index (χ0n) is 14.5. The molecule has 0 spiro atoms. The van der Waals surface area contributed by atoms with Crippen molar-refractivity contribution in [2.24, 2.45) is 5.92 Å². The highest BCUT2D eigenvalue weighted by Gasteiger charge is 2.35. The molecule has 1 aliphatic rings. The number of amides is 1.